The molecule has 4 nitrogen and oxygen atoms in total. The highest BCUT2D eigenvalue weighted by Gasteiger charge is 2.13. The van der Waals surface area contributed by atoms with E-state index in [1.54, 1.807) is 7.11 Å². The van der Waals surface area contributed by atoms with Crippen LogP contribution in [0.2, 0.25) is 0 Å². The fraction of sp³-hybridized carbons (Fsp3) is 0.625. The fourth-order valence-electron chi connectivity index (χ4n) is 2.73. The van der Waals surface area contributed by atoms with Crippen LogP contribution in [0.15, 0.2) is 18.2 Å². The van der Waals surface area contributed by atoms with Crippen LogP contribution in [0.3, 0.4) is 0 Å². The lowest BCUT2D eigenvalue weighted by Crippen LogP contribution is -2.25. The summed E-state index contributed by atoms with van der Waals surface area (Å²) in [4.78, 5) is 2.33. The molecule has 4 heteroatoms. The van der Waals surface area contributed by atoms with Gasteiger partial charge in [0.2, 0.25) is 0 Å². The molecule has 0 radical (unpaired) electrons. The smallest absolute Gasteiger partial charge is 0.0785 e. The molecule has 0 spiro atoms. The highest BCUT2D eigenvalue weighted by atomic mass is 16.5. The van der Waals surface area contributed by atoms with E-state index in [2.05, 4.69) is 35.5 Å². The zero-order chi connectivity index (χ0) is 14.4. The number of aliphatic hydroxyl groups is 1. The number of aliphatic hydroxyl groups excluding tert-OH is 1. The van der Waals surface area contributed by atoms with Crippen molar-refractivity contribution in [3.8, 4) is 0 Å². The lowest BCUT2D eigenvalue weighted by atomic mass is 9.99. The molecule has 1 aliphatic heterocycles. The quantitative estimate of drug-likeness (QED) is 0.743. The average Bonchev–Trinajstić information content (AvgIpc) is 2.44. The summed E-state index contributed by atoms with van der Waals surface area (Å²) in [5.74, 6) is 0. The second-order valence-electron chi connectivity index (χ2n) is 5.56. The molecule has 0 saturated heterocycles. The van der Waals surface area contributed by atoms with Gasteiger partial charge in [-0.15, -0.1) is 0 Å². The van der Waals surface area contributed by atoms with Gasteiger partial charge < -0.3 is 20.1 Å². The predicted molar refractivity (Wildman–Crippen MR) is 82.2 cm³/mol. The van der Waals surface area contributed by atoms with Gasteiger partial charge in [0.05, 0.1) is 12.7 Å². The third-order valence-electron chi connectivity index (χ3n) is 3.84. The summed E-state index contributed by atoms with van der Waals surface area (Å²) in [6.45, 7) is 3.23. The zero-order valence-corrected chi connectivity index (χ0v) is 12.6. The van der Waals surface area contributed by atoms with E-state index < -0.39 is 0 Å². The Morgan fingerprint density at radius 3 is 3.10 bits per heavy atom. The standard InChI is InChI=1S/C16H26N2O2/c1-18-9-3-4-14-10-13(5-6-16(14)18)11-17-8-7-15(19)12-20-2/h5-6,10,15,17,19H,3-4,7-9,11-12H2,1-2H3. The Morgan fingerprint density at radius 1 is 1.45 bits per heavy atom. The normalized spacial score (nSPS) is 16.1. The fourth-order valence-corrected chi connectivity index (χ4v) is 2.73. The molecule has 0 saturated carbocycles. The lowest BCUT2D eigenvalue weighted by molar-refractivity contribution is 0.0594. The first kappa shape index (κ1) is 15.3. The van der Waals surface area contributed by atoms with Crippen LogP contribution in [0.5, 0.6) is 0 Å². The Balaban J connectivity index is 1.79. The Bertz CT molecular complexity index is 423. The van der Waals surface area contributed by atoms with Gasteiger partial charge in [-0.05, 0) is 43.0 Å². The number of rotatable bonds is 7. The number of anilines is 1. The van der Waals surface area contributed by atoms with Crippen LogP contribution in [0, 0.1) is 0 Å². The summed E-state index contributed by atoms with van der Waals surface area (Å²) < 4.78 is 4.91. The van der Waals surface area contributed by atoms with Gasteiger partial charge in [0.1, 0.15) is 0 Å². The summed E-state index contributed by atoms with van der Waals surface area (Å²) in [6, 6.07) is 6.73. The molecule has 1 aliphatic rings. The van der Waals surface area contributed by atoms with Crippen LogP contribution in [0.1, 0.15) is 24.0 Å². The number of methoxy groups -OCH3 is 1. The second-order valence-corrected chi connectivity index (χ2v) is 5.56. The molecule has 2 rings (SSSR count). The molecule has 20 heavy (non-hydrogen) atoms. The van der Waals surface area contributed by atoms with Crippen LogP contribution < -0.4 is 10.2 Å². The number of benzene rings is 1. The van der Waals surface area contributed by atoms with Crippen molar-refractivity contribution in [2.75, 3.05) is 38.8 Å². The number of hydrogen-bond donors (Lipinski definition) is 2. The predicted octanol–water partition coefficient (Wildman–Crippen LogP) is 1.56. The van der Waals surface area contributed by atoms with Crippen molar-refractivity contribution < 1.29 is 9.84 Å². The van der Waals surface area contributed by atoms with Crippen LogP contribution in [0.4, 0.5) is 5.69 Å². The van der Waals surface area contributed by atoms with Crippen LogP contribution in [-0.2, 0) is 17.7 Å². The van der Waals surface area contributed by atoms with Gasteiger partial charge in [-0.25, -0.2) is 0 Å². The minimum Gasteiger partial charge on any atom is -0.391 e. The van der Waals surface area contributed by atoms with E-state index in [9.17, 15) is 5.11 Å². The van der Waals surface area contributed by atoms with Gasteiger partial charge in [-0.2, -0.15) is 0 Å². The van der Waals surface area contributed by atoms with Crippen molar-refractivity contribution in [2.24, 2.45) is 0 Å². The van der Waals surface area contributed by atoms with Gasteiger partial charge in [-0.3, -0.25) is 0 Å². The molecule has 0 aromatic heterocycles. The molecule has 0 fully saturated rings. The zero-order valence-electron chi connectivity index (χ0n) is 12.6. The molecule has 1 atom stereocenters. The minimum atomic E-state index is -0.371. The number of nitrogens with zero attached hydrogens (tertiary/aromatic N) is 1. The van der Waals surface area contributed by atoms with E-state index in [1.165, 1.54) is 29.7 Å². The minimum absolute atomic E-state index is 0.371. The van der Waals surface area contributed by atoms with Crippen LogP contribution in [0.25, 0.3) is 0 Å². The van der Waals surface area contributed by atoms with Crippen LogP contribution >= 0.6 is 0 Å². The van der Waals surface area contributed by atoms with Gasteiger partial charge in [0.25, 0.3) is 0 Å². The number of ether oxygens (including phenoxy) is 1. The van der Waals surface area contributed by atoms with Crippen molar-refractivity contribution >= 4 is 5.69 Å². The monoisotopic (exact) mass is 278 g/mol. The topological polar surface area (TPSA) is 44.7 Å². The maximum atomic E-state index is 9.56. The molecule has 1 unspecified atom stereocenters. The molecular formula is C16H26N2O2. The first-order valence-corrected chi connectivity index (χ1v) is 7.41. The molecule has 1 aromatic rings. The number of nitrogens with one attached hydrogen (secondary N) is 1. The average molecular weight is 278 g/mol. The van der Waals surface area contributed by atoms with E-state index in [0.29, 0.717) is 6.61 Å². The third kappa shape index (κ3) is 4.20. The molecular weight excluding hydrogens is 252 g/mol. The van der Waals surface area contributed by atoms with E-state index >= 15 is 0 Å². The Labute approximate surface area is 121 Å². The Morgan fingerprint density at radius 2 is 2.30 bits per heavy atom. The Hall–Kier alpha value is -1.10. The second kappa shape index (κ2) is 7.62. The first-order valence-electron chi connectivity index (χ1n) is 7.41. The van der Waals surface area contributed by atoms with E-state index in [-0.39, 0.29) is 6.10 Å². The number of fused-ring (bicyclic) bond motifs is 1. The molecule has 0 aliphatic carbocycles. The van der Waals surface area contributed by atoms with Crippen molar-refractivity contribution in [1.29, 1.82) is 0 Å². The maximum absolute atomic E-state index is 9.56. The Kier molecular flexibility index (Phi) is 5.83. The van der Waals surface area contributed by atoms with Crippen molar-refractivity contribution in [3.63, 3.8) is 0 Å². The first-order chi connectivity index (χ1) is 9.70. The number of hydrogen-bond acceptors (Lipinski definition) is 4. The van der Waals surface area contributed by atoms with E-state index in [4.69, 9.17) is 4.74 Å². The third-order valence-corrected chi connectivity index (χ3v) is 3.84. The molecule has 0 amide bonds. The van der Waals surface area contributed by atoms with Gasteiger partial charge >= 0.3 is 0 Å². The van der Waals surface area contributed by atoms with Gasteiger partial charge in [0.15, 0.2) is 0 Å². The summed E-state index contributed by atoms with van der Waals surface area (Å²) in [7, 11) is 3.77. The highest BCUT2D eigenvalue weighted by molar-refractivity contribution is 5.56. The van der Waals surface area contributed by atoms with Gasteiger partial charge in [-0.1, -0.05) is 12.1 Å². The van der Waals surface area contributed by atoms with Gasteiger partial charge in [0, 0.05) is 32.9 Å². The van der Waals surface area contributed by atoms with Crippen molar-refractivity contribution in [1.82, 2.24) is 5.32 Å². The van der Waals surface area contributed by atoms with Crippen molar-refractivity contribution in [2.45, 2.75) is 31.9 Å². The van der Waals surface area contributed by atoms with E-state index in [1.807, 2.05) is 0 Å². The highest BCUT2D eigenvalue weighted by Crippen LogP contribution is 2.26. The summed E-state index contributed by atoms with van der Waals surface area (Å²) in [5, 5.41) is 12.9. The summed E-state index contributed by atoms with van der Waals surface area (Å²) in [5.41, 5.74) is 4.15. The lowest BCUT2D eigenvalue weighted by Gasteiger charge is -2.27. The summed E-state index contributed by atoms with van der Waals surface area (Å²) >= 11 is 0. The maximum Gasteiger partial charge on any atom is 0.0785 e. The molecule has 112 valence electrons. The molecule has 1 heterocycles. The largest absolute Gasteiger partial charge is 0.391 e. The molecule has 2 N–H and O–H groups in total. The van der Waals surface area contributed by atoms with Crippen molar-refractivity contribution in [3.05, 3.63) is 29.3 Å². The SMILES string of the molecule is COCC(O)CCNCc1ccc2c(c1)CCCN2C. The van der Waals surface area contributed by atoms with Crippen LogP contribution in [-0.4, -0.2) is 45.1 Å². The molecule has 0 bridgehead atoms. The molecule has 1 aromatic carbocycles. The number of aryl methyl sites for hydroxylation is 1. The van der Waals surface area contributed by atoms with E-state index in [0.717, 1.165) is 26.1 Å². The summed E-state index contributed by atoms with van der Waals surface area (Å²) in [6.07, 6.45) is 2.77.